The van der Waals surface area contributed by atoms with E-state index in [1.165, 1.54) is 0 Å². The van der Waals surface area contributed by atoms with E-state index in [4.69, 9.17) is 31.5 Å². The summed E-state index contributed by atoms with van der Waals surface area (Å²) in [6, 6.07) is 0. The minimum atomic E-state index is -2.43. The van der Waals surface area contributed by atoms with Crippen LogP contribution >= 0.6 is 28.5 Å². The Balaban J connectivity index is 2.83. The highest BCUT2D eigenvalue weighted by Crippen LogP contribution is 2.63. The molecule has 0 aliphatic carbocycles. The summed E-state index contributed by atoms with van der Waals surface area (Å²) in [6.07, 6.45) is 0. The molecule has 96 valence electrons. The highest BCUT2D eigenvalue weighted by atomic mass is 35.7. The van der Waals surface area contributed by atoms with E-state index in [2.05, 4.69) is 13.8 Å². The van der Waals surface area contributed by atoms with E-state index < -0.39 is 6.64 Å². The Morgan fingerprint density at radius 2 is 1.75 bits per heavy atom. The zero-order valence-corrected chi connectivity index (χ0v) is 13.6. The van der Waals surface area contributed by atoms with Gasteiger partial charge in [0.05, 0.1) is 13.2 Å². The van der Waals surface area contributed by atoms with E-state index in [0.29, 0.717) is 13.2 Å². The first kappa shape index (κ1) is 15.2. The fraction of sp³-hybridized carbons (Fsp3) is 1.00. The topological polar surface area (TPSA) is 21.7 Å². The van der Waals surface area contributed by atoms with Gasteiger partial charge in [0.15, 0.2) is 0 Å². The molecule has 0 N–H and O–H groups in total. The molecule has 0 radical (unpaired) electrons. The summed E-state index contributed by atoms with van der Waals surface area (Å²) in [7, 11) is 5.89. The van der Waals surface area contributed by atoms with Crippen molar-refractivity contribution >= 4 is 40.3 Å². The molecule has 1 aliphatic heterocycles. The quantitative estimate of drug-likeness (QED) is 0.562. The lowest BCUT2D eigenvalue weighted by atomic mass is 9.97. The van der Waals surface area contributed by atoms with Gasteiger partial charge in [-0.2, -0.15) is 4.08 Å². The van der Waals surface area contributed by atoms with Crippen LogP contribution in [-0.4, -0.2) is 22.8 Å². The summed E-state index contributed by atoms with van der Waals surface area (Å²) in [5.41, 5.74) is -0.147. The van der Waals surface area contributed by atoms with Gasteiger partial charge in [-0.15, -0.1) is 0 Å². The monoisotopic (exact) mass is 303 g/mol. The fourth-order valence-corrected chi connectivity index (χ4v) is 7.07. The van der Waals surface area contributed by atoms with Gasteiger partial charge in [-0.1, -0.05) is 13.8 Å². The van der Waals surface area contributed by atoms with Crippen molar-refractivity contribution in [2.45, 2.75) is 40.2 Å². The minimum Gasteiger partial charge on any atom is -0.317 e. The number of halogens is 1. The predicted octanol–water partition coefficient (Wildman–Crippen LogP) is 4.19. The molecule has 1 aliphatic rings. The van der Waals surface area contributed by atoms with E-state index in [9.17, 15) is 0 Å². The summed E-state index contributed by atoms with van der Waals surface area (Å²) < 4.78 is 13.4. The molecule has 0 unspecified atom stereocenters. The lowest BCUT2D eigenvalue weighted by molar-refractivity contribution is 0.0454. The molecule has 1 heterocycles. The van der Waals surface area contributed by atoms with Crippen LogP contribution in [0.1, 0.15) is 34.6 Å². The highest BCUT2D eigenvalue weighted by molar-refractivity contribution is 8.25. The number of rotatable bonds is 2. The second-order valence-electron chi connectivity index (χ2n) is 5.69. The van der Waals surface area contributed by atoms with E-state index in [0.717, 1.165) is 11.2 Å². The van der Waals surface area contributed by atoms with Gasteiger partial charge < -0.3 is 9.05 Å². The molecule has 0 aromatic heterocycles. The maximum atomic E-state index is 5.89. The molecule has 3 nitrogen and oxygen atoms in total. The molecule has 1 rings (SSSR count). The molecule has 0 aromatic rings. The van der Waals surface area contributed by atoms with Gasteiger partial charge in [0.2, 0.25) is 0 Å². The van der Waals surface area contributed by atoms with Gasteiger partial charge in [-0.3, -0.25) is 0 Å². The van der Waals surface area contributed by atoms with Gasteiger partial charge in [0.25, 0.3) is 6.64 Å². The van der Waals surface area contributed by atoms with Crippen LogP contribution in [-0.2, 0) is 20.9 Å². The molecule has 16 heavy (non-hydrogen) atoms. The fourth-order valence-electron chi connectivity index (χ4n) is 1.21. The third kappa shape index (κ3) is 3.58. The van der Waals surface area contributed by atoms with Crippen LogP contribution in [0.2, 0.25) is 0 Å². The third-order valence-corrected chi connectivity index (χ3v) is 7.76. The van der Waals surface area contributed by atoms with Gasteiger partial charge >= 0.3 is 0 Å². The third-order valence-electron chi connectivity index (χ3n) is 2.10. The zero-order chi connectivity index (χ0) is 12.6. The Hall–Kier alpha value is 1.17. The van der Waals surface area contributed by atoms with Crippen LogP contribution in [0.4, 0.5) is 0 Å². The maximum absolute atomic E-state index is 5.89. The Kier molecular flexibility index (Phi) is 4.80. The Labute approximate surface area is 112 Å². The number of hydrogen-bond donors (Lipinski definition) is 0. The average molecular weight is 304 g/mol. The lowest BCUT2D eigenvalue weighted by Gasteiger charge is -2.44. The first-order valence-corrected chi connectivity index (χ1v) is 9.28. The molecular formula is C9H19ClNO2PS2. The smallest absolute Gasteiger partial charge is 0.275 e. The molecule has 1 fully saturated rings. The Morgan fingerprint density at radius 1 is 1.31 bits per heavy atom. The largest absolute Gasteiger partial charge is 0.317 e. The van der Waals surface area contributed by atoms with Gasteiger partial charge in [-0.25, -0.2) is 0 Å². The first-order valence-electron chi connectivity index (χ1n) is 5.09. The van der Waals surface area contributed by atoms with Crippen molar-refractivity contribution in [3.63, 3.8) is 0 Å². The van der Waals surface area contributed by atoms with Gasteiger partial charge in [-0.05, 0) is 43.3 Å². The van der Waals surface area contributed by atoms with Crippen LogP contribution in [0.3, 0.4) is 0 Å². The van der Waals surface area contributed by atoms with Crippen LogP contribution in [0.15, 0.2) is 0 Å². The highest BCUT2D eigenvalue weighted by Gasteiger charge is 2.42. The predicted molar refractivity (Wildman–Crippen MR) is 75.0 cm³/mol. The van der Waals surface area contributed by atoms with Crippen LogP contribution in [0, 0.1) is 5.41 Å². The molecule has 0 spiro atoms. The van der Waals surface area contributed by atoms with Crippen molar-refractivity contribution in [1.82, 2.24) is 4.08 Å². The van der Waals surface area contributed by atoms with Crippen molar-refractivity contribution in [3.8, 4) is 0 Å². The average Bonchev–Trinajstić information content (AvgIpc) is 2.10. The summed E-state index contributed by atoms with van der Waals surface area (Å²) in [4.78, 5) is 0. The SMILES string of the molecule is CC1(C)COP(=S)(N(SCl)C(C)(C)C)OC1. The molecule has 0 amide bonds. The minimum absolute atomic E-state index is 0.0306. The van der Waals surface area contributed by atoms with Crippen molar-refractivity contribution in [2.75, 3.05) is 13.2 Å². The first-order chi connectivity index (χ1) is 7.11. The Morgan fingerprint density at radius 3 is 2.06 bits per heavy atom. The molecule has 0 saturated carbocycles. The summed E-state index contributed by atoms with van der Waals surface area (Å²) in [6.45, 7) is 9.14. The van der Waals surface area contributed by atoms with E-state index in [1.54, 1.807) is 0 Å². The summed E-state index contributed by atoms with van der Waals surface area (Å²) in [5, 5.41) is 0. The van der Waals surface area contributed by atoms with Crippen molar-refractivity contribution in [3.05, 3.63) is 0 Å². The van der Waals surface area contributed by atoms with Crippen LogP contribution < -0.4 is 0 Å². The van der Waals surface area contributed by atoms with Crippen LogP contribution in [0.25, 0.3) is 0 Å². The standard InChI is InChI=1S/C9H19ClNO2PS2/c1-8(2,3)11(16-10)14(15)12-6-9(4,5)7-13-14/h6-7H2,1-5H3. The van der Waals surface area contributed by atoms with E-state index in [1.807, 2.05) is 24.8 Å². The summed E-state index contributed by atoms with van der Waals surface area (Å²) >= 11 is 6.60. The number of nitrogens with zero attached hydrogens (tertiary/aromatic N) is 1. The molecule has 0 bridgehead atoms. The summed E-state index contributed by atoms with van der Waals surface area (Å²) in [5.74, 6) is 0. The van der Waals surface area contributed by atoms with E-state index >= 15 is 0 Å². The molecule has 0 aromatic carbocycles. The molecule has 0 atom stereocenters. The molecular weight excluding hydrogens is 285 g/mol. The second kappa shape index (κ2) is 5.04. The lowest BCUT2D eigenvalue weighted by Crippen LogP contribution is -2.39. The Bertz CT molecular complexity index is 292. The van der Waals surface area contributed by atoms with Gasteiger partial charge in [0.1, 0.15) is 0 Å². The van der Waals surface area contributed by atoms with Gasteiger partial charge in [0, 0.05) is 22.1 Å². The number of hydrogen-bond acceptors (Lipinski definition) is 4. The van der Waals surface area contributed by atoms with Crippen molar-refractivity contribution < 1.29 is 9.05 Å². The van der Waals surface area contributed by atoms with Crippen LogP contribution in [0.5, 0.6) is 0 Å². The normalized spacial score (nSPS) is 24.7. The molecule has 7 heteroatoms. The maximum Gasteiger partial charge on any atom is 0.275 e. The molecule has 1 saturated heterocycles. The second-order valence-corrected chi connectivity index (χ2v) is 10.1. The zero-order valence-electron chi connectivity index (χ0n) is 10.3. The van der Waals surface area contributed by atoms with Crippen molar-refractivity contribution in [2.24, 2.45) is 5.41 Å². The van der Waals surface area contributed by atoms with E-state index in [-0.39, 0.29) is 11.0 Å². The van der Waals surface area contributed by atoms with Crippen molar-refractivity contribution in [1.29, 1.82) is 0 Å².